The van der Waals surface area contributed by atoms with Crippen molar-refractivity contribution in [2.45, 2.75) is 55.9 Å². The van der Waals surface area contributed by atoms with Gasteiger partial charge in [0, 0.05) is 5.54 Å². The summed E-state index contributed by atoms with van der Waals surface area (Å²) in [5.74, 6) is 2.39. The molecule has 0 atom stereocenters. The normalized spacial score (nSPS) is 27.4. The van der Waals surface area contributed by atoms with Crippen molar-refractivity contribution in [2.75, 3.05) is 18.0 Å². The molecule has 34 heavy (non-hydrogen) atoms. The van der Waals surface area contributed by atoms with Crippen LogP contribution in [0, 0.1) is 24.7 Å². The molecule has 8 heteroatoms. The molecule has 4 aliphatic carbocycles. The van der Waals surface area contributed by atoms with Crippen LogP contribution in [0.1, 0.15) is 44.1 Å². The number of nitrogens with zero attached hydrogens (tertiary/aromatic N) is 1. The first-order valence-electron chi connectivity index (χ1n) is 11.9. The van der Waals surface area contributed by atoms with Crippen LogP contribution in [-0.2, 0) is 14.8 Å². The van der Waals surface area contributed by atoms with Gasteiger partial charge in [0.15, 0.2) is 0 Å². The van der Waals surface area contributed by atoms with Gasteiger partial charge in [0.2, 0.25) is 5.91 Å². The van der Waals surface area contributed by atoms with Crippen LogP contribution < -0.4 is 14.4 Å². The average Bonchev–Trinajstić information content (AvgIpc) is 2.77. The van der Waals surface area contributed by atoms with Crippen LogP contribution in [0.3, 0.4) is 0 Å². The number of anilines is 1. The predicted molar refractivity (Wildman–Crippen MR) is 135 cm³/mol. The number of carbonyl (C=O) groups is 1. The van der Waals surface area contributed by atoms with E-state index in [1.54, 1.807) is 18.2 Å². The van der Waals surface area contributed by atoms with Crippen LogP contribution in [-0.4, -0.2) is 33.5 Å². The van der Waals surface area contributed by atoms with Crippen molar-refractivity contribution in [3.63, 3.8) is 0 Å². The summed E-state index contributed by atoms with van der Waals surface area (Å²) < 4.78 is 34.5. The van der Waals surface area contributed by atoms with Gasteiger partial charge in [-0.1, -0.05) is 17.7 Å². The number of nitrogens with one attached hydrogen (secondary N) is 1. The van der Waals surface area contributed by atoms with Crippen molar-refractivity contribution in [3.05, 3.63) is 52.5 Å². The zero-order chi connectivity index (χ0) is 24.1. The molecule has 4 bridgehead atoms. The Balaban J connectivity index is 1.43. The molecule has 0 saturated heterocycles. The van der Waals surface area contributed by atoms with Crippen molar-refractivity contribution >= 4 is 37.5 Å². The van der Waals surface area contributed by atoms with Gasteiger partial charge in [0.05, 0.1) is 22.2 Å². The number of hydrogen-bond acceptors (Lipinski definition) is 4. The highest BCUT2D eigenvalue weighted by Crippen LogP contribution is 2.55. The monoisotopic (exact) mass is 546 g/mol. The summed E-state index contributed by atoms with van der Waals surface area (Å²) in [6.45, 7) is 1.69. The fourth-order valence-electron chi connectivity index (χ4n) is 6.69. The largest absolute Gasteiger partial charge is 0.496 e. The second-order valence-corrected chi connectivity index (χ2v) is 13.1. The van der Waals surface area contributed by atoms with E-state index in [-0.39, 0.29) is 22.9 Å². The van der Waals surface area contributed by atoms with Crippen LogP contribution in [0.2, 0.25) is 0 Å². The first-order chi connectivity index (χ1) is 16.2. The molecule has 1 amide bonds. The number of methoxy groups -OCH3 is 1. The van der Waals surface area contributed by atoms with E-state index in [9.17, 15) is 13.2 Å². The number of amides is 1. The van der Waals surface area contributed by atoms with E-state index >= 15 is 0 Å². The summed E-state index contributed by atoms with van der Waals surface area (Å²) in [7, 11) is -2.46. The average molecular weight is 548 g/mol. The lowest BCUT2D eigenvalue weighted by molar-refractivity contribution is -0.125. The Morgan fingerprint density at radius 1 is 1.06 bits per heavy atom. The van der Waals surface area contributed by atoms with Crippen LogP contribution >= 0.6 is 15.9 Å². The van der Waals surface area contributed by atoms with Crippen molar-refractivity contribution in [1.29, 1.82) is 0 Å². The smallest absolute Gasteiger partial charge is 0.264 e. The van der Waals surface area contributed by atoms with E-state index in [0.29, 0.717) is 33.7 Å². The Kier molecular flexibility index (Phi) is 6.17. The summed E-state index contributed by atoms with van der Waals surface area (Å²) in [5.41, 5.74) is 1.32. The van der Waals surface area contributed by atoms with Crippen molar-refractivity contribution in [2.24, 2.45) is 17.8 Å². The molecule has 0 unspecified atom stereocenters. The second kappa shape index (κ2) is 8.86. The van der Waals surface area contributed by atoms with Gasteiger partial charge in [-0.15, -0.1) is 0 Å². The van der Waals surface area contributed by atoms with E-state index in [4.69, 9.17) is 4.74 Å². The lowest BCUT2D eigenvalue weighted by Gasteiger charge is -2.57. The predicted octanol–water partition coefficient (Wildman–Crippen LogP) is 5.05. The minimum Gasteiger partial charge on any atom is -0.496 e. The molecule has 4 saturated carbocycles. The van der Waals surface area contributed by atoms with Gasteiger partial charge in [-0.2, -0.15) is 0 Å². The SMILES string of the molecule is COc1ccc(S(=O)(=O)N(CC(=O)NC23CC4CC(CC(C4)C2)C3)c2ccc(C)cc2)cc1Br. The molecule has 4 fully saturated rings. The van der Waals surface area contributed by atoms with Gasteiger partial charge < -0.3 is 10.1 Å². The molecule has 0 spiro atoms. The van der Waals surface area contributed by atoms with E-state index in [1.165, 1.54) is 42.8 Å². The van der Waals surface area contributed by atoms with Crippen LogP contribution in [0.5, 0.6) is 5.75 Å². The number of carbonyl (C=O) groups excluding carboxylic acids is 1. The van der Waals surface area contributed by atoms with Gasteiger partial charge in [0.25, 0.3) is 10.0 Å². The minimum absolute atomic E-state index is 0.100. The number of rotatable bonds is 7. The van der Waals surface area contributed by atoms with Gasteiger partial charge in [-0.25, -0.2) is 8.42 Å². The summed E-state index contributed by atoms with van der Waals surface area (Å²) in [4.78, 5) is 13.5. The Labute approximate surface area is 210 Å². The molecular weight excluding hydrogens is 516 g/mol. The lowest BCUT2D eigenvalue weighted by Crippen LogP contribution is -2.61. The molecule has 4 aliphatic rings. The summed E-state index contributed by atoms with van der Waals surface area (Å²) in [5, 5.41) is 3.32. The number of benzene rings is 2. The van der Waals surface area contributed by atoms with Crippen molar-refractivity contribution in [1.82, 2.24) is 5.32 Å². The first kappa shape index (κ1) is 23.7. The third-order valence-electron chi connectivity index (χ3n) is 7.76. The topological polar surface area (TPSA) is 75.7 Å². The highest BCUT2D eigenvalue weighted by atomic mass is 79.9. The zero-order valence-electron chi connectivity index (χ0n) is 19.6. The molecule has 2 aromatic rings. The van der Waals surface area contributed by atoms with Gasteiger partial charge in [-0.3, -0.25) is 9.10 Å². The number of aryl methyl sites for hydroxylation is 1. The Morgan fingerprint density at radius 3 is 2.18 bits per heavy atom. The van der Waals surface area contributed by atoms with E-state index in [1.807, 2.05) is 19.1 Å². The second-order valence-electron chi connectivity index (χ2n) is 10.4. The molecular formula is C26H31BrN2O4S. The highest BCUT2D eigenvalue weighted by Gasteiger charge is 2.51. The maximum atomic E-state index is 13.8. The van der Waals surface area contributed by atoms with Crippen LogP contribution in [0.4, 0.5) is 5.69 Å². The molecule has 0 radical (unpaired) electrons. The molecule has 182 valence electrons. The fourth-order valence-corrected chi connectivity index (χ4v) is 8.83. The zero-order valence-corrected chi connectivity index (χ0v) is 22.0. The highest BCUT2D eigenvalue weighted by molar-refractivity contribution is 9.10. The van der Waals surface area contributed by atoms with Crippen molar-refractivity contribution < 1.29 is 17.9 Å². The van der Waals surface area contributed by atoms with Gasteiger partial charge in [0.1, 0.15) is 12.3 Å². The standard InChI is InChI=1S/C26H31BrN2O4S/c1-17-3-5-21(6-4-17)29(34(31,32)22-7-8-24(33-2)23(27)12-22)16-25(30)28-26-13-18-9-19(14-26)11-20(10-18)15-26/h3-8,12,18-20H,9-11,13-16H2,1-2H3,(H,28,30). The van der Waals surface area contributed by atoms with Gasteiger partial charge >= 0.3 is 0 Å². The fraction of sp³-hybridized carbons (Fsp3) is 0.500. The summed E-state index contributed by atoms with van der Waals surface area (Å²) in [6, 6.07) is 11.9. The molecule has 0 aromatic heterocycles. The lowest BCUT2D eigenvalue weighted by atomic mass is 9.53. The number of halogens is 1. The Morgan fingerprint density at radius 2 is 1.65 bits per heavy atom. The molecule has 0 aliphatic heterocycles. The molecule has 0 heterocycles. The van der Waals surface area contributed by atoms with Crippen LogP contribution in [0.25, 0.3) is 0 Å². The first-order valence-corrected chi connectivity index (χ1v) is 14.1. The maximum absolute atomic E-state index is 13.8. The van der Waals surface area contributed by atoms with E-state index < -0.39 is 10.0 Å². The summed E-state index contributed by atoms with van der Waals surface area (Å²) >= 11 is 3.38. The maximum Gasteiger partial charge on any atom is 0.264 e. The third-order valence-corrected chi connectivity index (χ3v) is 10.2. The quantitative estimate of drug-likeness (QED) is 0.527. The molecule has 6 rings (SSSR count). The third kappa shape index (κ3) is 4.47. The minimum atomic E-state index is -3.99. The molecule has 2 aromatic carbocycles. The Hall–Kier alpha value is -2.06. The molecule has 6 nitrogen and oxygen atoms in total. The van der Waals surface area contributed by atoms with Crippen LogP contribution in [0.15, 0.2) is 51.8 Å². The summed E-state index contributed by atoms with van der Waals surface area (Å²) in [6.07, 6.45) is 6.91. The Bertz CT molecular complexity index is 1160. The van der Waals surface area contributed by atoms with E-state index in [2.05, 4.69) is 21.2 Å². The number of hydrogen-bond donors (Lipinski definition) is 1. The molecule has 1 N–H and O–H groups in total. The number of sulfonamides is 1. The number of ether oxygens (including phenoxy) is 1. The van der Waals surface area contributed by atoms with Crippen molar-refractivity contribution in [3.8, 4) is 5.75 Å². The van der Waals surface area contributed by atoms with Gasteiger partial charge in [-0.05, 0) is 109 Å². The van der Waals surface area contributed by atoms with E-state index in [0.717, 1.165) is 24.8 Å².